The molecule has 1 aliphatic rings. The Balaban J connectivity index is 1.97. The summed E-state index contributed by atoms with van der Waals surface area (Å²) in [5, 5.41) is 2.07. The van der Waals surface area contributed by atoms with Gasteiger partial charge in [-0.1, -0.05) is 41.9 Å². The van der Waals surface area contributed by atoms with Crippen molar-refractivity contribution in [2.45, 2.75) is 17.5 Å². The molecule has 1 aromatic carbocycles. The van der Waals surface area contributed by atoms with Gasteiger partial charge in [-0.25, -0.2) is 13.2 Å². The van der Waals surface area contributed by atoms with Crippen LogP contribution in [0, 0.1) is 5.92 Å². The lowest BCUT2D eigenvalue weighted by Gasteiger charge is -2.03. The van der Waals surface area contributed by atoms with E-state index in [4.69, 9.17) is 11.6 Å². The Labute approximate surface area is 107 Å². The SMILES string of the molecule is O=C(NC[C@@H]1[C@@H](c2ccccc2)C1(F)F)C(F)Cl. The van der Waals surface area contributed by atoms with Crippen LogP contribution in [0.5, 0.6) is 0 Å². The van der Waals surface area contributed by atoms with Gasteiger partial charge in [-0.2, -0.15) is 0 Å². The van der Waals surface area contributed by atoms with Crippen molar-refractivity contribution in [2.75, 3.05) is 6.54 Å². The lowest BCUT2D eigenvalue weighted by molar-refractivity contribution is -0.123. The fraction of sp³-hybridized carbons (Fsp3) is 0.417. The van der Waals surface area contributed by atoms with E-state index in [9.17, 15) is 18.0 Å². The molecular formula is C12H11ClF3NO. The largest absolute Gasteiger partial charge is 0.352 e. The summed E-state index contributed by atoms with van der Waals surface area (Å²) < 4.78 is 39.4. The maximum Gasteiger partial charge on any atom is 0.270 e. The van der Waals surface area contributed by atoms with E-state index in [2.05, 4.69) is 5.32 Å². The molecule has 98 valence electrons. The van der Waals surface area contributed by atoms with E-state index in [1.807, 2.05) is 0 Å². The topological polar surface area (TPSA) is 29.1 Å². The van der Waals surface area contributed by atoms with Crippen LogP contribution in [0.15, 0.2) is 30.3 Å². The molecule has 1 aromatic rings. The predicted octanol–water partition coefficient (Wildman–Crippen LogP) is 2.69. The van der Waals surface area contributed by atoms with Gasteiger partial charge in [0.05, 0.1) is 11.8 Å². The van der Waals surface area contributed by atoms with Crippen molar-refractivity contribution in [1.29, 1.82) is 0 Å². The van der Waals surface area contributed by atoms with Crippen LogP contribution in [0.25, 0.3) is 0 Å². The maximum absolute atomic E-state index is 13.5. The first-order chi connectivity index (χ1) is 8.44. The molecule has 3 atom stereocenters. The Morgan fingerprint density at radius 1 is 1.39 bits per heavy atom. The summed E-state index contributed by atoms with van der Waals surface area (Å²) in [6, 6.07) is 8.31. The molecule has 1 unspecified atom stereocenters. The molecule has 0 saturated heterocycles. The third-order valence-electron chi connectivity index (χ3n) is 3.06. The Kier molecular flexibility index (Phi) is 3.52. The number of rotatable bonds is 4. The van der Waals surface area contributed by atoms with Gasteiger partial charge in [0.25, 0.3) is 17.5 Å². The highest BCUT2D eigenvalue weighted by Gasteiger charge is 2.68. The third kappa shape index (κ3) is 2.46. The summed E-state index contributed by atoms with van der Waals surface area (Å²) in [5.74, 6) is -5.87. The molecule has 1 fully saturated rings. The first-order valence-corrected chi connectivity index (χ1v) is 5.87. The van der Waals surface area contributed by atoms with Gasteiger partial charge < -0.3 is 5.32 Å². The summed E-state index contributed by atoms with van der Waals surface area (Å²) in [6.45, 7) is -0.279. The fourth-order valence-corrected chi connectivity index (χ4v) is 2.12. The molecule has 0 bridgehead atoms. The van der Waals surface area contributed by atoms with E-state index < -0.39 is 29.3 Å². The highest BCUT2D eigenvalue weighted by Crippen LogP contribution is 2.61. The molecule has 0 radical (unpaired) electrons. The summed E-state index contributed by atoms with van der Waals surface area (Å²) in [4.78, 5) is 10.9. The number of amides is 1. The Morgan fingerprint density at radius 2 is 2.00 bits per heavy atom. The van der Waals surface area contributed by atoms with E-state index in [1.54, 1.807) is 30.3 Å². The number of alkyl halides is 4. The Bertz CT molecular complexity index is 438. The molecule has 6 heteroatoms. The maximum atomic E-state index is 13.5. The fourth-order valence-electron chi connectivity index (χ4n) is 2.05. The van der Waals surface area contributed by atoms with Crippen molar-refractivity contribution in [1.82, 2.24) is 5.32 Å². The minimum atomic E-state index is -2.87. The molecule has 0 spiro atoms. The van der Waals surface area contributed by atoms with Crippen LogP contribution >= 0.6 is 11.6 Å². The first kappa shape index (κ1) is 13.2. The van der Waals surface area contributed by atoms with Gasteiger partial charge in [0.1, 0.15) is 0 Å². The van der Waals surface area contributed by atoms with Gasteiger partial charge in [0.2, 0.25) is 0 Å². The van der Waals surface area contributed by atoms with E-state index in [0.717, 1.165) is 0 Å². The number of nitrogens with one attached hydrogen (secondary N) is 1. The first-order valence-electron chi connectivity index (χ1n) is 5.43. The lowest BCUT2D eigenvalue weighted by Crippen LogP contribution is -2.31. The van der Waals surface area contributed by atoms with Crippen molar-refractivity contribution >= 4 is 17.5 Å². The molecule has 2 nitrogen and oxygen atoms in total. The van der Waals surface area contributed by atoms with E-state index in [1.165, 1.54) is 0 Å². The van der Waals surface area contributed by atoms with Crippen LogP contribution in [0.4, 0.5) is 13.2 Å². The average Bonchev–Trinajstić information content (AvgIpc) is 2.89. The summed E-state index contributed by atoms with van der Waals surface area (Å²) in [7, 11) is 0. The molecule has 0 aliphatic heterocycles. The summed E-state index contributed by atoms with van der Waals surface area (Å²) in [5.41, 5.74) is -1.68. The minimum Gasteiger partial charge on any atom is -0.352 e. The molecular weight excluding hydrogens is 267 g/mol. The van der Waals surface area contributed by atoms with Gasteiger partial charge in [-0.15, -0.1) is 0 Å². The van der Waals surface area contributed by atoms with E-state index in [-0.39, 0.29) is 6.54 Å². The van der Waals surface area contributed by atoms with Crippen molar-refractivity contribution in [3.63, 3.8) is 0 Å². The van der Waals surface area contributed by atoms with Crippen LogP contribution in [-0.2, 0) is 4.79 Å². The van der Waals surface area contributed by atoms with Crippen molar-refractivity contribution in [2.24, 2.45) is 5.92 Å². The molecule has 1 aliphatic carbocycles. The van der Waals surface area contributed by atoms with Crippen molar-refractivity contribution in [3.8, 4) is 0 Å². The second-order valence-electron chi connectivity index (χ2n) is 4.22. The zero-order valence-electron chi connectivity index (χ0n) is 9.25. The average molecular weight is 278 g/mol. The predicted molar refractivity (Wildman–Crippen MR) is 61.4 cm³/mol. The van der Waals surface area contributed by atoms with E-state index >= 15 is 0 Å². The Hall–Kier alpha value is -1.23. The van der Waals surface area contributed by atoms with Gasteiger partial charge in [0, 0.05) is 6.54 Å². The third-order valence-corrected chi connectivity index (χ3v) is 3.25. The Morgan fingerprint density at radius 3 is 2.56 bits per heavy atom. The highest BCUT2D eigenvalue weighted by molar-refractivity contribution is 6.29. The molecule has 1 amide bonds. The molecule has 18 heavy (non-hydrogen) atoms. The van der Waals surface area contributed by atoms with Crippen LogP contribution in [-0.4, -0.2) is 24.0 Å². The second-order valence-corrected chi connectivity index (χ2v) is 4.60. The van der Waals surface area contributed by atoms with Gasteiger partial charge in [0.15, 0.2) is 0 Å². The standard InChI is InChI=1S/C12H11ClF3NO/c13-10(14)11(18)17-6-8-9(12(8,15)16)7-4-2-1-3-5-7/h1-5,8-10H,6H2,(H,17,18)/t8-,9-,10?/m1/s1. The number of hydrogen-bond donors (Lipinski definition) is 1. The monoisotopic (exact) mass is 277 g/mol. The molecule has 2 rings (SSSR count). The number of carbonyl (C=O) groups excluding carboxylic acids is 1. The highest BCUT2D eigenvalue weighted by atomic mass is 35.5. The van der Waals surface area contributed by atoms with E-state index in [0.29, 0.717) is 5.56 Å². The minimum absolute atomic E-state index is 0.279. The van der Waals surface area contributed by atoms with Crippen LogP contribution in [0.2, 0.25) is 0 Å². The van der Waals surface area contributed by atoms with Gasteiger partial charge in [-0.3, -0.25) is 4.79 Å². The molecule has 0 heterocycles. The smallest absolute Gasteiger partial charge is 0.270 e. The zero-order valence-corrected chi connectivity index (χ0v) is 10.0. The number of hydrogen-bond acceptors (Lipinski definition) is 1. The summed E-state index contributed by atoms with van der Waals surface area (Å²) >= 11 is 4.89. The zero-order chi connectivity index (χ0) is 13.3. The number of benzene rings is 1. The molecule has 1 saturated carbocycles. The van der Waals surface area contributed by atoms with Crippen molar-refractivity contribution in [3.05, 3.63) is 35.9 Å². The van der Waals surface area contributed by atoms with Crippen LogP contribution < -0.4 is 5.32 Å². The van der Waals surface area contributed by atoms with Gasteiger partial charge >= 0.3 is 0 Å². The molecule has 1 N–H and O–H groups in total. The second kappa shape index (κ2) is 4.80. The summed E-state index contributed by atoms with van der Waals surface area (Å²) in [6.07, 6.45) is 0. The quantitative estimate of drug-likeness (QED) is 0.843. The van der Waals surface area contributed by atoms with Gasteiger partial charge in [-0.05, 0) is 5.56 Å². The lowest BCUT2D eigenvalue weighted by atomic mass is 10.1. The van der Waals surface area contributed by atoms with Crippen molar-refractivity contribution < 1.29 is 18.0 Å². The molecule has 0 aromatic heterocycles. The number of carbonyl (C=O) groups is 1. The number of halogens is 4. The van der Waals surface area contributed by atoms with Crippen LogP contribution in [0.1, 0.15) is 11.5 Å². The van der Waals surface area contributed by atoms with Crippen LogP contribution in [0.3, 0.4) is 0 Å². The normalized spacial score (nSPS) is 26.4.